The normalized spacial score (nSPS) is 12.1. The van der Waals surface area contributed by atoms with Crippen LogP contribution < -0.4 is 9.80 Å². The van der Waals surface area contributed by atoms with Gasteiger partial charge in [-0.05, 0) is 105 Å². The number of rotatable bonds is 4. The van der Waals surface area contributed by atoms with Crippen molar-refractivity contribution < 1.29 is 18.4 Å². The van der Waals surface area contributed by atoms with Crippen LogP contribution in [0, 0.1) is 0 Å². The van der Waals surface area contributed by atoms with E-state index in [2.05, 4.69) is 0 Å². The van der Waals surface area contributed by atoms with Crippen LogP contribution in [-0.2, 0) is 8.85 Å². The van der Waals surface area contributed by atoms with Crippen molar-refractivity contribution in [1.29, 1.82) is 0 Å². The highest BCUT2D eigenvalue weighted by atomic mass is 28.4. The Morgan fingerprint density at radius 3 is 1.00 bits per heavy atom. The maximum absolute atomic E-state index is 12.3. The fraction of sp³-hybridized carbons (Fsp3) is 0.500. The molecular formula is C28H46N2O4Si2. The lowest BCUT2D eigenvalue weighted by atomic mass is 10.1. The molecule has 8 heteroatoms. The second kappa shape index (κ2) is 12.1. The van der Waals surface area contributed by atoms with E-state index in [1.165, 1.54) is 0 Å². The van der Waals surface area contributed by atoms with Gasteiger partial charge in [0.25, 0.3) is 0 Å². The minimum Gasteiger partial charge on any atom is -0.504 e. The maximum Gasteiger partial charge on any atom is 0.401 e. The number of amides is 2. The summed E-state index contributed by atoms with van der Waals surface area (Å²) in [5.41, 5.74) is 1.12. The Morgan fingerprint density at radius 2 is 0.806 bits per heavy atom. The maximum atomic E-state index is 12.3. The lowest BCUT2D eigenvalue weighted by Crippen LogP contribution is -2.49. The fourth-order valence-corrected chi connectivity index (χ4v) is 4.53. The van der Waals surface area contributed by atoms with E-state index < -0.39 is 16.6 Å². The molecule has 0 saturated heterocycles. The van der Waals surface area contributed by atoms with Gasteiger partial charge in [0.1, 0.15) is 0 Å². The molecule has 36 heavy (non-hydrogen) atoms. The second-order valence-electron chi connectivity index (χ2n) is 12.6. The first kappa shape index (κ1) is 31.4. The van der Waals surface area contributed by atoms with E-state index in [1.54, 1.807) is 9.80 Å². The molecule has 0 aliphatic heterocycles. The number of carbonyl (C=O) groups is 2. The van der Waals surface area contributed by atoms with Crippen molar-refractivity contribution in [3.8, 4) is 0 Å². The average Bonchev–Trinajstić information content (AvgIpc) is 2.65. The first-order chi connectivity index (χ1) is 16.2. The van der Waals surface area contributed by atoms with E-state index in [4.69, 9.17) is 8.85 Å². The van der Waals surface area contributed by atoms with Gasteiger partial charge in [-0.3, -0.25) is 9.80 Å². The first-order valence-corrected chi connectivity index (χ1v) is 19.2. The van der Waals surface area contributed by atoms with Crippen LogP contribution in [0.25, 0.3) is 0 Å². The summed E-state index contributed by atoms with van der Waals surface area (Å²) in [7, 11) is -3.77. The monoisotopic (exact) mass is 530 g/mol. The fourth-order valence-electron chi connectivity index (χ4n) is 3.30. The second-order valence-corrected chi connectivity index (χ2v) is 21.5. The van der Waals surface area contributed by atoms with Crippen molar-refractivity contribution in [2.45, 2.75) is 91.9 Å². The molecule has 0 spiro atoms. The SMILES string of the molecule is CC(C)(C)N(C(=O)O[Si](C)(C)C)c1ccccc1.CC(C)(C)N(C(=O)O[Si](C)(C)C)c1ccccc1. The lowest BCUT2D eigenvalue weighted by molar-refractivity contribution is 0.198. The van der Waals surface area contributed by atoms with E-state index in [0.717, 1.165) is 11.4 Å². The molecule has 0 bridgehead atoms. The highest BCUT2D eigenvalue weighted by molar-refractivity contribution is 6.71. The van der Waals surface area contributed by atoms with Crippen LogP contribution >= 0.6 is 0 Å². The molecule has 0 N–H and O–H groups in total. The van der Waals surface area contributed by atoms with Gasteiger partial charge in [-0.15, -0.1) is 0 Å². The highest BCUT2D eigenvalue weighted by Crippen LogP contribution is 2.26. The standard InChI is InChI=1S/2C14H23NO2Si/c2*1-14(2,3)15(12-10-8-7-9-11-12)13(16)17-18(4,5)6/h2*7-11H,1-6H3. The third kappa shape index (κ3) is 11.0. The van der Waals surface area contributed by atoms with Crippen LogP contribution in [0.1, 0.15) is 41.5 Å². The van der Waals surface area contributed by atoms with Gasteiger partial charge in [0, 0.05) is 22.5 Å². The Bertz CT molecular complexity index is 890. The van der Waals surface area contributed by atoms with Crippen molar-refractivity contribution >= 4 is 40.2 Å². The van der Waals surface area contributed by atoms with Gasteiger partial charge in [0.2, 0.25) is 16.6 Å². The van der Waals surface area contributed by atoms with Crippen molar-refractivity contribution in [3.63, 3.8) is 0 Å². The molecule has 2 aromatic carbocycles. The molecule has 0 aromatic heterocycles. The smallest absolute Gasteiger partial charge is 0.401 e. The molecule has 0 fully saturated rings. The summed E-state index contributed by atoms with van der Waals surface area (Å²) in [4.78, 5) is 28.1. The van der Waals surface area contributed by atoms with Crippen molar-refractivity contribution in [2.75, 3.05) is 9.80 Å². The molecule has 0 saturated carbocycles. The number of anilines is 2. The molecule has 0 unspecified atom stereocenters. The zero-order valence-electron chi connectivity index (χ0n) is 24.3. The van der Waals surface area contributed by atoms with Crippen LogP contribution in [0.5, 0.6) is 0 Å². The number of nitrogens with zero attached hydrogens (tertiary/aromatic N) is 2. The highest BCUT2D eigenvalue weighted by Gasteiger charge is 2.33. The first-order valence-electron chi connectivity index (χ1n) is 12.4. The summed E-state index contributed by atoms with van der Waals surface area (Å²) in [5, 5.41) is 0. The minimum atomic E-state index is -1.89. The molecule has 0 aliphatic rings. The van der Waals surface area contributed by atoms with Crippen LogP contribution in [0.15, 0.2) is 60.7 Å². The van der Waals surface area contributed by atoms with E-state index in [9.17, 15) is 9.59 Å². The quantitative estimate of drug-likeness (QED) is 0.372. The molecule has 0 aliphatic carbocycles. The molecular weight excluding hydrogens is 484 g/mol. The molecule has 2 amide bonds. The molecule has 0 atom stereocenters. The summed E-state index contributed by atoms with van der Waals surface area (Å²) in [6.45, 7) is 24.1. The van der Waals surface area contributed by atoms with Crippen LogP contribution in [-0.4, -0.2) is 39.9 Å². The third-order valence-corrected chi connectivity index (χ3v) is 6.10. The Balaban J connectivity index is 0.000000360. The van der Waals surface area contributed by atoms with Crippen LogP contribution in [0.2, 0.25) is 39.3 Å². The number of para-hydroxylation sites is 2. The van der Waals surface area contributed by atoms with Crippen LogP contribution in [0.4, 0.5) is 21.0 Å². The molecule has 2 rings (SSSR count). The molecule has 0 radical (unpaired) electrons. The van der Waals surface area contributed by atoms with E-state index in [0.29, 0.717) is 0 Å². The Kier molecular flexibility index (Phi) is 10.6. The number of hydrogen-bond donors (Lipinski definition) is 0. The predicted octanol–water partition coefficient (Wildman–Crippen LogP) is 8.53. The summed E-state index contributed by atoms with van der Waals surface area (Å²) in [5.74, 6) is 0. The largest absolute Gasteiger partial charge is 0.504 e. The molecule has 2 aromatic rings. The molecule has 6 nitrogen and oxygen atoms in total. The zero-order chi connectivity index (χ0) is 27.9. The average molecular weight is 531 g/mol. The Morgan fingerprint density at radius 1 is 0.556 bits per heavy atom. The van der Waals surface area contributed by atoms with Gasteiger partial charge in [-0.1, -0.05) is 36.4 Å². The summed E-state index contributed by atoms with van der Waals surface area (Å²) in [6.07, 6.45) is -0.513. The zero-order valence-corrected chi connectivity index (χ0v) is 26.3. The molecule has 0 heterocycles. The Labute approximate surface area is 220 Å². The van der Waals surface area contributed by atoms with Crippen molar-refractivity contribution in [1.82, 2.24) is 0 Å². The summed E-state index contributed by atoms with van der Waals surface area (Å²) in [6, 6.07) is 19.3. The van der Waals surface area contributed by atoms with Gasteiger partial charge < -0.3 is 8.85 Å². The van der Waals surface area contributed by atoms with Gasteiger partial charge in [-0.2, -0.15) is 0 Å². The van der Waals surface area contributed by atoms with E-state index in [-0.39, 0.29) is 23.3 Å². The van der Waals surface area contributed by atoms with Crippen molar-refractivity contribution in [3.05, 3.63) is 60.7 Å². The van der Waals surface area contributed by atoms with Gasteiger partial charge >= 0.3 is 12.2 Å². The van der Waals surface area contributed by atoms with Crippen LogP contribution in [0.3, 0.4) is 0 Å². The summed E-state index contributed by atoms with van der Waals surface area (Å²) >= 11 is 0. The summed E-state index contributed by atoms with van der Waals surface area (Å²) < 4.78 is 11.2. The van der Waals surface area contributed by atoms with E-state index in [1.807, 2.05) is 141 Å². The van der Waals surface area contributed by atoms with E-state index >= 15 is 0 Å². The van der Waals surface area contributed by atoms with Crippen molar-refractivity contribution in [2.24, 2.45) is 0 Å². The number of benzene rings is 2. The number of carbonyl (C=O) groups excluding carboxylic acids is 2. The topological polar surface area (TPSA) is 59.1 Å². The van der Waals surface area contributed by atoms with Gasteiger partial charge in [0.15, 0.2) is 0 Å². The third-order valence-electron chi connectivity index (χ3n) is 4.52. The predicted molar refractivity (Wildman–Crippen MR) is 157 cm³/mol. The lowest BCUT2D eigenvalue weighted by Gasteiger charge is -2.36. The number of hydrogen-bond acceptors (Lipinski definition) is 4. The van der Waals surface area contributed by atoms with Gasteiger partial charge in [0.05, 0.1) is 0 Å². The molecule has 200 valence electrons. The van der Waals surface area contributed by atoms with Gasteiger partial charge in [-0.25, -0.2) is 9.59 Å². The Hall–Kier alpha value is -2.59. The minimum absolute atomic E-state index is 0.257.